The van der Waals surface area contributed by atoms with Gasteiger partial charge in [-0.15, -0.1) is 10.2 Å². The second kappa shape index (κ2) is 3.38. The number of aromatic nitrogens is 3. The first-order valence-corrected chi connectivity index (χ1v) is 5.42. The van der Waals surface area contributed by atoms with Gasteiger partial charge in [0.1, 0.15) is 6.33 Å². The van der Waals surface area contributed by atoms with Crippen LogP contribution in [0.25, 0.3) is 5.65 Å². The lowest BCUT2D eigenvalue weighted by Gasteiger charge is -2.07. The smallest absolute Gasteiger partial charge is 0.160 e. The minimum atomic E-state index is 0.520. The Kier molecular flexibility index (Phi) is 2.22. The van der Waals surface area contributed by atoms with E-state index < -0.39 is 0 Å². The van der Waals surface area contributed by atoms with Crippen molar-refractivity contribution in [2.24, 2.45) is 0 Å². The van der Waals surface area contributed by atoms with Crippen LogP contribution in [0, 0.1) is 0 Å². The van der Waals surface area contributed by atoms with Crippen LogP contribution in [0.4, 0.5) is 0 Å². The SMILES string of the molecule is CSC(C)c1ccc2nncn2c1. The summed E-state index contributed by atoms with van der Waals surface area (Å²) < 4.78 is 1.95. The molecule has 0 aliphatic heterocycles. The van der Waals surface area contributed by atoms with E-state index in [1.54, 1.807) is 6.33 Å². The number of nitrogens with zero attached hydrogens (tertiary/aromatic N) is 3. The molecule has 0 bridgehead atoms. The van der Waals surface area contributed by atoms with Crippen LogP contribution < -0.4 is 0 Å². The summed E-state index contributed by atoms with van der Waals surface area (Å²) in [5.74, 6) is 0. The van der Waals surface area contributed by atoms with Crippen molar-refractivity contribution in [1.82, 2.24) is 14.6 Å². The number of hydrogen-bond acceptors (Lipinski definition) is 3. The Labute approximate surface area is 81.2 Å². The molecular formula is C9H11N3S. The zero-order chi connectivity index (χ0) is 9.26. The highest BCUT2D eigenvalue weighted by molar-refractivity contribution is 7.98. The zero-order valence-corrected chi connectivity index (χ0v) is 8.45. The molecule has 0 amide bonds. The van der Waals surface area contributed by atoms with Crippen LogP contribution in [-0.2, 0) is 0 Å². The van der Waals surface area contributed by atoms with Crippen LogP contribution in [0.2, 0.25) is 0 Å². The van der Waals surface area contributed by atoms with Crippen LogP contribution >= 0.6 is 11.8 Å². The lowest BCUT2D eigenvalue weighted by molar-refractivity contribution is 1.04. The van der Waals surface area contributed by atoms with E-state index in [1.807, 2.05) is 22.2 Å². The third-order valence-corrected chi connectivity index (χ3v) is 3.12. The van der Waals surface area contributed by atoms with Crippen LogP contribution in [0.15, 0.2) is 24.7 Å². The number of thioether (sulfide) groups is 1. The molecule has 2 aromatic heterocycles. The third kappa shape index (κ3) is 1.54. The second-order valence-electron chi connectivity index (χ2n) is 2.94. The Morgan fingerprint density at radius 1 is 1.46 bits per heavy atom. The summed E-state index contributed by atoms with van der Waals surface area (Å²) in [7, 11) is 0. The largest absolute Gasteiger partial charge is 0.289 e. The molecule has 0 saturated heterocycles. The van der Waals surface area contributed by atoms with E-state index in [0.717, 1.165) is 5.65 Å². The molecule has 1 unspecified atom stereocenters. The van der Waals surface area contributed by atoms with Gasteiger partial charge in [-0.25, -0.2) is 0 Å². The fourth-order valence-corrected chi connectivity index (χ4v) is 1.63. The van der Waals surface area contributed by atoms with Crippen LogP contribution in [0.5, 0.6) is 0 Å². The maximum absolute atomic E-state index is 3.95. The molecule has 13 heavy (non-hydrogen) atoms. The van der Waals surface area contributed by atoms with Gasteiger partial charge in [-0.3, -0.25) is 4.40 Å². The topological polar surface area (TPSA) is 30.2 Å². The van der Waals surface area contributed by atoms with Crippen molar-refractivity contribution in [2.45, 2.75) is 12.2 Å². The van der Waals surface area contributed by atoms with Gasteiger partial charge in [0, 0.05) is 11.4 Å². The van der Waals surface area contributed by atoms with Gasteiger partial charge in [0.15, 0.2) is 5.65 Å². The molecule has 0 spiro atoms. The molecule has 68 valence electrons. The Bertz CT molecular complexity index is 410. The van der Waals surface area contributed by atoms with Crippen LogP contribution in [-0.4, -0.2) is 20.9 Å². The van der Waals surface area contributed by atoms with Crippen molar-refractivity contribution in [1.29, 1.82) is 0 Å². The molecule has 2 rings (SSSR count). The molecule has 3 nitrogen and oxygen atoms in total. The van der Waals surface area contributed by atoms with E-state index in [0.29, 0.717) is 5.25 Å². The molecule has 1 atom stereocenters. The molecule has 0 radical (unpaired) electrons. The van der Waals surface area contributed by atoms with E-state index in [2.05, 4.69) is 35.6 Å². The van der Waals surface area contributed by atoms with E-state index in [1.165, 1.54) is 5.56 Å². The van der Waals surface area contributed by atoms with Crippen molar-refractivity contribution in [3.05, 3.63) is 30.2 Å². The predicted octanol–water partition coefficient (Wildman–Crippen LogP) is 2.15. The van der Waals surface area contributed by atoms with Crippen molar-refractivity contribution >= 4 is 17.4 Å². The Hall–Kier alpha value is -1.03. The van der Waals surface area contributed by atoms with Crippen molar-refractivity contribution in [2.75, 3.05) is 6.26 Å². The number of hydrogen-bond donors (Lipinski definition) is 0. The summed E-state index contributed by atoms with van der Waals surface area (Å²) in [6, 6.07) is 4.10. The Balaban J connectivity index is 2.48. The van der Waals surface area contributed by atoms with E-state index in [9.17, 15) is 0 Å². The highest BCUT2D eigenvalue weighted by atomic mass is 32.2. The maximum Gasteiger partial charge on any atom is 0.160 e. The first kappa shape index (κ1) is 8.56. The number of pyridine rings is 1. The Morgan fingerprint density at radius 3 is 3.08 bits per heavy atom. The fraction of sp³-hybridized carbons (Fsp3) is 0.333. The summed E-state index contributed by atoms with van der Waals surface area (Å²) in [5.41, 5.74) is 2.21. The van der Waals surface area contributed by atoms with E-state index in [-0.39, 0.29) is 0 Å². The molecule has 2 aromatic rings. The van der Waals surface area contributed by atoms with Crippen LogP contribution in [0.3, 0.4) is 0 Å². The number of fused-ring (bicyclic) bond motifs is 1. The van der Waals surface area contributed by atoms with Crippen molar-refractivity contribution < 1.29 is 0 Å². The first-order chi connectivity index (χ1) is 6.31. The Morgan fingerprint density at radius 2 is 2.31 bits per heavy atom. The zero-order valence-electron chi connectivity index (χ0n) is 7.64. The molecule has 4 heteroatoms. The van der Waals surface area contributed by atoms with E-state index >= 15 is 0 Å². The molecule has 0 aliphatic rings. The first-order valence-electron chi connectivity index (χ1n) is 4.13. The van der Waals surface area contributed by atoms with Crippen molar-refractivity contribution in [3.8, 4) is 0 Å². The number of rotatable bonds is 2. The lowest BCUT2D eigenvalue weighted by Crippen LogP contribution is -1.91. The quantitative estimate of drug-likeness (QED) is 0.732. The summed E-state index contributed by atoms with van der Waals surface area (Å²) >= 11 is 1.83. The van der Waals surface area contributed by atoms with Gasteiger partial charge in [0.05, 0.1) is 0 Å². The van der Waals surface area contributed by atoms with Gasteiger partial charge < -0.3 is 0 Å². The fourth-order valence-electron chi connectivity index (χ4n) is 1.22. The average Bonchev–Trinajstić information content (AvgIpc) is 2.63. The minimum absolute atomic E-state index is 0.520. The van der Waals surface area contributed by atoms with Gasteiger partial charge in [-0.2, -0.15) is 11.8 Å². The molecule has 0 N–H and O–H groups in total. The van der Waals surface area contributed by atoms with Gasteiger partial charge in [-0.1, -0.05) is 6.07 Å². The van der Waals surface area contributed by atoms with Crippen LogP contribution in [0.1, 0.15) is 17.7 Å². The molecule has 0 aliphatic carbocycles. The maximum atomic E-state index is 3.95. The third-order valence-electron chi connectivity index (χ3n) is 2.14. The van der Waals surface area contributed by atoms with E-state index in [4.69, 9.17) is 0 Å². The standard InChI is InChI=1S/C9H11N3S/c1-7(13-2)8-3-4-9-11-10-6-12(9)5-8/h3-7H,1-2H3. The minimum Gasteiger partial charge on any atom is -0.289 e. The summed E-state index contributed by atoms with van der Waals surface area (Å²) in [5, 5.41) is 8.31. The monoisotopic (exact) mass is 193 g/mol. The summed E-state index contributed by atoms with van der Waals surface area (Å²) in [4.78, 5) is 0. The molecule has 0 fully saturated rings. The van der Waals surface area contributed by atoms with Crippen molar-refractivity contribution in [3.63, 3.8) is 0 Å². The second-order valence-corrected chi connectivity index (χ2v) is 4.12. The average molecular weight is 193 g/mol. The molecule has 0 aromatic carbocycles. The molecular weight excluding hydrogens is 182 g/mol. The summed E-state index contributed by atoms with van der Waals surface area (Å²) in [6.45, 7) is 2.19. The normalized spacial score (nSPS) is 13.4. The molecule has 0 saturated carbocycles. The van der Waals surface area contributed by atoms with Gasteiger partial charge >= 0.3 is 0 Å². The van der Waals surface area contributed by atoms with Gasteiger partial charge in [-0.05, 0) is 24.8 Å². The predicted molar refractivity (Wildman–Crippen MR) is 54.9 cm³/mol. The highest BCUT2D eigenvalue weighted by Crippen LogP contribution is 2.25. The van der Waals surface area contributed by atoms with Gasteiger partial charge in [0.25, 0.3) is 0 Å². The summed E-state index contributed by atoms with van der Waals surface area (Å²) in [6.07, 6.45) is 5.92. The lowest BCUT2D eigenvalue weighted by atomic mass is 10.2. The molecule has 2 heterocycles. The van der Waals surface area contributed by atoms with Gasteiger partial charge in [0.2, 0.25) is 0 Å². The highest BCUT2D eigenvalue weighted by Gasteiger charge is 2.04.